The second kappa shape index (κ2) is 11.0. The summed E-state index contributed by atoms with van der Waals surface area (Å²) < 4.78 is 33.4. The van der Waals surface area contributed by atoms with E-state index in [9.17, 15) is 13.2 Å². The monoisotopic (exact) mass is 502 g/mol. The van der Waals surface area contributed by atoms with Crippen molar-refractivity contribution in [1.29, 1.82) is 0 Å². The minimum atomic E-state index is -3.63. The van der Waals surface area contributed by atoms with Gasteiger partial charge < -0.3 is 10.1 Å². The zero-order chi connectivity index (χ0) is 21.4. The van der Waals surface area contributed by atoms with E-state index in [0.29, 0.717) is 6.54 Å². The van der Waals surface area contributed by atoms with Crippen LogP contribution < -0.4 is 14.8 Å². The van der Waals surface area contributed by atoms with Crippen LogP contribution in [0.5, 0.6) is 5.75 Å². The topological polar surface area (TPSA) is 84.5 Å². The van der Waals surface area contributed by atoms with Crippen LogP contribution in [0.3, 0.4) is 0 Å². The molecule has 0 bridgehead atoms. The zero-order valence-corrected chi connectivity index (χ0v) is 19.4. The summed E-state index contributed by atoms with van der Waals surface area (Å²) in [6.07, 6.45) is 1.64. The van der Waals surface area contributed by atoms with E-state index in [0.717, 1.165) is 22.9 Å². The van der Waals surface area contributed by atoms with Crippen LogP contribution in [0.2, 0.25) is 5.02 Å². The minimum absolute atomic E-state index is 0.0543. The molecular formula is C20H24BrClN2O4S. The molecule has 0 spiro atoms. The lowest BCUT2D eigenvalue weighted by Crippen LogP contribution is -2.31. The fourth-order valence-electron chi connectivity index (χ4n) is 2.52. The van der Waals surface area contributed by atoms with Crippen LogP contribution in [0.15, 0.2) is 51.8 Å². The number of amides is 1. The number of hydrogen-bond donors (Lipinski definition) is 2. The standard InChI is InChI=1S/C20H24BrClN2O4S/c1-3-4-10-23-29(26,27)17-8-9-19(18(22)12-17)28-13-20(25)24-14(2)15-6-5-7-16(21)11-15/h5-9,11-12,14,23H,3-4,10,13H2,1-2H3,(H,24,25)/t14-/m0/s1. The first kappa shape index (κ1) is 23.7. The molecule has 0 saturated heterocycles. The first-order valence-electron chi connectivity index (χ1n) is 9.19. The molecule has 1 amide bonds. The molecule has 29 heavy (non-hydrogen) atoms. The molecule has 2 aromatic carbocycles. The van der Waals surface area contributed by atoms with Gasteiger partial charge in [0.2, 0.25) is 10.0 Å². The van der Waals surface area contributed by atoms with Crippen LogP contribution in [-0.4, -0.2) is 27.5 Å². The first-order chi connectivity index (χ1) is 13.7. The predicted molar refractivity (Wildman–Crippen MR) is 118 cm³/mol. The highest BCUT2D eigenvalue weighted by Gasteiger charge is 2.16. The second-order valence-electron chi connectivity index (χ2n) is 6.48. The number of nitrogens with one attached hydrogen (secondary N) is 2. The number of rotatable bonds is 10. The smallest absolute Gasteiger partial charge is 0.258 e. The summed E-state index contributed by atoms with van der Waals surface area (Å²) in [6.45, 7) is 3.98. The largest absolute Gasteiger partial charge is 0.482 e. The second-order valence-corrected chi connectivity index (χ2v) is 9.57. The van der Waals surface area contributed by atoms with Gasteiger partial charge in [-0.1, -0.05) is 53.0 Å². The molecule has 2 N–H and O–H groups in total. The number of sulfonamides is 1. The molecule has 0 unspecified atom stereocenters. The van der Waals surface area contributed by atoms with Gasteiger partial charge in [-0.3, -0.25) is 4.79 Å². The van der Waals surface area contributed by atoms with Crippen LogP contribution in [0.25, 0.3) is 0 Å². The van der Waals surface area contributed by atoms with E-state index in [1.807, 2.05) is 38.1 Å². The SMILES string of the molecule is CCCCNS(=O)(=O)c1ccc(OCC(=O)N[C@@H](C)c2cccc(Br)c2)c(Cl)c1. The fraction of sp³-hybridized carbons (Fsp3) is 0.350. The van der Waals surface area contributed by atoms with E-state index >= 15 is 0 Å². The maximum Gasteiger partial charge on any atom is 0.258 e. The highest BCUT2D eigenvalue weighted by atomic mass is 79.9. The van der Waals surface area contributed by atoms with Crippen LogP contribution in [0.4, 0.5) is 0 Å². The van der Waals surface area contributed by atoms with Crippen molar-refractivity contribution in [2.45, 2.75) is 37.6 Å². The maximum absolute atomic E-state index is 12.2. The van der Waals surface area contributed by atoms with Crippen molar-refractivity contribution >= 4 is 43.5 Å². The van der Waals surface area contributed by atoms with Crippen molar-refractivity contribution in [3.63, 3.8) is 0 Å². The molecule has 1 atom stereocenters. The lowest BCUT2D eigenvalue weighted by atomic mass is 10.1. The van der Waals surface area contributed by atoms with Gasteiger partial charge in [0.05, 0.1) is 16.0 Å². The van der Waals surface area contributed by atoms with Gasteiger partial charge in [-0.2, -0.15) is 0 Å². The molecule has 0 saturated carbocycles. The van der Waals surface area contributed by atoms with Crippen LogP contribution in [0.1, 0.15) is 38.3 Å². The molecule has 6 nitrogen and oxygen atoms in total. The average molecular weight is 504 g/mol. The third-order valence-electron chi connectivity index (χ3n) is 4.12. The summed E-state index contributed by atoms with van der Waals surface area (Å²) in [5.74, 6) is -0.0732. The number of unbranched alkanes of at least 4 members (excludes halogenated alkanes) is 1. The number of carbonyl (C=O) groups excluding carboxylic acids is 1. The van der Waals surface area contributed by atoms with Crippen molar-refractivity contribution in [3.05, 3.63) is 57.5 Å². The highest BCUT2D eigenvalue weighted by Crippen LogP contribution is 2.27. The highest BCUT2D eigenvalue weighted by molar-refractivity contribution is 9.10. The van der Waals surface area contributed by atoms with E-state index in [2.05, 4.69) is 26.0 Å². The molecule has 0 aromatic heterocycles. The molecule has 0 aliphatic heterocycles. The van der Waals surface area contributed by atoms with Gasteiger partial charge in [0, 0.05) is 11.0 Å². The van der Waals surface area contributed by atoms with Crippen molar-refractivity contribution in [2.75, 3.05) is 13.2 Å². The van der Waals surface area contributed by atoms with Gasteiger partial charge in [-0.25, -0.2) is 13.1 Å². The summed E-state index contributed by atoms with van der Waals surface area (Å²) in [4.78, 5) is 12.2. The van der Waals surface area contributed by atoms with Gasteiger partial charge >= 0.3 is 0 Å². The van der Waals surface area contributed by atoms with Crippen LogP contribution in [0, 0.1) is 0 Å². The van der Waals surface area contributed by atoms with Gasteiger partial charge in [0.1, 0.15) is 5.75 Å². The predicted octanol–water partition coefficient (Wildman–Crippen LogP) is 4.44. The van der Waals surface area contributed by atoms with Crippen molar-refractivity contribution in [1.82, 2.24) is 10.0 Å². The molecule has 2 rings (SSSR count). The number of hydrogen-bond acceptors (Lipinski definition) is 4. The van der Waals surface area contributed by atoms with Crippen molar-refractivity contribution in [3.8, 4) is 5.75 Å². The van der Waals surface area contributed by atoms with E-state index in [-0.39, 0.29) is 34.2 Å². The number of carbonyl (C=O) groups is 1. The number of ether oxygens (including phenoxy) is 1. The average Bonchev–Trinajstić information content (AvgIpc) is 2.67. The van der Waals surface area contributed by atoms with Crippen molar-refractivity contribution in [2.24, 2.45) is 0 Å². The Bertz CT molecular complexity index is 953. The summed E-state index contributed by atoms with van der Waals surface area (Å²) in [7, 11) is -3.63. The Kier molecular flexibility index (Phi) is 8.95. The third-order valence-corrected chi connectivity index (χ3v) is 6.37. The lowest BCUT2D eigenvalue weighted by Gasteiger charge is -2.15. The maximum atomic E-state index is 12.2. The third kappa shape index (κ3) is 7.29. The van der Waals surface area contributed by atoms with Gasteiger partial charge in [-0.15, -0.1) is 0 Å². The molecule has 9 heteroatoms. The molecule has 0 aliphatic carbocycles. The molecule has 0 fully saturated rings. The molecule has 2 aromatic rings. The Morgan fingerprint density at radius 1 is 1.24 bits per heavy atom. The quantitative estimate of drug-likeness (QED) is 0.470. The van der Waals surface area contributed by atoms with Gasteiger partial charge in [0.25, 0.3) is 5.91 Å². The van der Waals surface area contributed by atoms with E-state index in [4.69, 9.17) is 16.3 Å². The summed E-state index contributed by atoms with van der Waals surface area (Å²) in [5.41, 5.74) is 0.955. The molecule has 0 aliphatic rings. The number of benzene rings is 2. The number of halogens is 2. The van der Waals surface area contributed by atoms with E-state index < -0.39 is 10.0 Å². The first-order valence-corrected chi connectivity index (χ1v) is 11.8. The Labute approximate surface area is 185 Å². The fourth-order valence-corrected chi connectivity index (χ4v) is 4.33. The lowest BCUT2D eigenvalue weighted by molar-refractivity contribution is -0.123. The van der Waals surface area contributed by atoms with Gasteiger partial charge in [-0.05, 0) is 49.2 Å². The summed E-state index contributed by atoms with van der Waals surface area (Å²) in [5, 5.41) is 2.97. The van der Waals surface area contributed by atoms with E-state index in [1.54, 1.807) is 0 Å². The van der Waals surface area contributed by atoms with Crippen molar-refractivity contribution < 1.29 is 17.9 Å². The van der Waals surface area contributed by atoms with Crippen LogP contribution in [-0.2, 0) is 14.8 Å². The summed E-state index contributed by atoms with van der Waals surface area (Å²) >= 11 is 9.55. The summed E-state index contributed by atoms with van der Waals surface area (Å²) in [6, 6.07) is 11.6. The molecule has 158 valence electrons. The minimum Gasteiger partial charge on any atom is -0.482 e. The zero-order valence-electron chi connectivity index (χ0n) is 16.2. The molecular weight excluding hydrogens is 480 g/mol. The molecule has 0 heterocycles. The Balaban J connectivity index is 1.94. The Hall–Kier alpha value is -1.61. The molecule has 0 radical (unpaired) electrons. The normalized spacial score (nSPS) is 12.4. The van der Waals surface area contributed by atoms with Crippen LogP contribution >= 0.6 is 27.5 Å². The Morgan fingerprint density at radius 2 is 2.00 bits per heavy atom. The van der Waals surface area contributed by atoms with Gasteiger partial charge in [0.15, 0.2) is 6.61 Å². The Morgan fingerprint density at radius 3 is 2.66 bits per heavy atom. The van der Waals surface area contributed by atoms with E-state index in [1.165, 1.54) is 18.2 Å².